The molecule has 154 valence electrons. The molecule has 0 saturated carbocycles. The lowest BCUT2D eigenvalue weighted by Crippen LogP contribution is -2.40. The Bertz CT molecular complexity index is 1200. The van der Waals surface area contributed by atoms with Crippen molar-refractivity contribution < 1.29 is 9.53 Å². The number of aryl methyl sites for hydroxylation is 1. The number of pyridine rings is 1. The number of morpholine rings is 1. The molecular weight excluding hydrogens is 449 g/mol. The maximum Gasteiger partial charge on any atom is 0.255 e. The predicted molar refractivity (Wildman–Crippen MR) is 114 cm³/mol. The van der Waals surface area contributed by atoms with E-state index in [0.29, 0.717) is 65.0 Å². The van der Waals surface area contributed by atoms with Gasteiger partial charge < -0.3 is 14.2 Å². The smallest absolute Gasteiger partial charge is 0.255 e. The van der Waals surface area contributed by atoms with Gasteiger partial charge in [-0.2, -0.15) is 5.26 Å². The highest BCUT2D eigenvalue weighted by Gasteiger charge is 2.24. The molecule has 30 heavy (non-hydrogen) atoms. The van der Waals surface area contributed by atoms with Crippen molar-refractivity contribution in [2.24, 2.45) is 7.05 Å². The summed E-state index contributed by atoms with van der Waals surface area (Å²) in [5.41, 5.74) is 2.24. The summed E-state index contributed by atoms with van der Waals surface area (Å²) < 4.78 is 7.05. The van der Waals surface area contributed by atoms with Crippen LogP contribution in [0.5, 0.6) is 0 Å². The number of aromatic nitrogens is 3. The molecule has 3 aromatic rings. The van der Waals surface area contributed by atoms with Crippen LogP contribution in [0, 0.1) is 11.3 Å². The molecule has 1 aliphatic heterocycles. The molecule has 0 bridgehead atoms. The minimum Gasteiger partial charge on any atom is -0.378 e. The largest absolute Gasteiger partial charge is 0.378 e. The molecule has 1 amide bonds. The summed E-state index contributed by atoms with van der Waals surface area (Å²) >= 11 is 19.1. The molecule has 0 spiro atoms. The van der Waals surface area contributed by atoms with E-state index in [4.69, 9.17) is 39.5 Å². The fraction of sp³-hybridized carbons (Fsp3) is 0.300. The van der Waals surface area contributed by atoms with Gasteiger partial charge in [-0.1, -0.05) is 34.8 Å². The molecule has 0 N–H and O–H groups in total. The van der Waals surface area contributed by atoms with E-state index in [-0.39, 0.29) is 22.5 Å². The second-order valence-electron chi connectivity index (χ2n) is 6.83. The van der Waals surface area contributed by atoms with Crippen molar-refractivity contribution in [2.75, 3.05) is 26.3 Å². The quantitative estimate of drug-likeness (QED) is 0.550. The fourth-order valence-electron chi connectivity index (χ4n) is 3.43. The van der Waals surface area contributed by atoms with Crippen LogP contribution in [-0.4, -0.2) is 51.6 Å². The van der Waals surface area contributed by atoms with E-state index in [2.05, 4.69) is 16.0 Å². The molecule has 10 heteroatoms. The fourth-order valence-corrected chi connectivity index (χ4v) is 4.20. The van der Waals surface area contributed by atoms with Crippen LogP contribution < -0.4 is 0 Å². The third-order valence-corrected chi connectivity index (χ3v) is 6.04. The van der Waals surface area contributed by atoms with E-state index in [1.54, 1.807) is 28.6 Å². The van der Waals surface area contributed by atoms with E-state index in [9.17, 15) is 10.1 Å². The van der Waals surface area contributed by atoms with Gasteiger partial charge in [0.05, 0.1) is 29.4 Å². The Balaban J connectivity index is 1.74. The van der Waals surface area contributed by atoms with Crippen molar-refractivity contribution in [3.8, 4) is 6.07 Å². The SMILES string of the molecule is Cn1c(Cc2c(Cl)ccc(C(=O)N3CCOCC3)c2Cl)nc2c(C#N)cc(Cl)nc21. The molecule has 0 unspecified atom stereocenters. The maximum absolute atomic E-state index is 12.9. The first-order valence-corrected chi connectivity index (χ1v) is 10.3. The number of ether oxygens (including phenoxy) is 1. The Morgan fingerprint density at radius 3 is 2.67 bits per heavy atom. The summed E-state index contributed by atoms with van der Waals surface area (Å²) in [6, 6.07) is 6.86. The Kier molecular flexibility index (Phi) is 5.85. The topological polar surface area (TPSA) is 84.0 Å². The van der Waals surface area contributed by atoms with Crippen LogP contribution in [0.3, 0.4) is 0 Å². The highest BCUT2D eigenvalue weighted by molar-refractivity contribution is 6.38. The number of fused-ring (bicyclic) bond motifs is 1. The zero-order valence-corrected chi connectivity index (χ0v) is 18.2. The zero-order chi connectivity index (χ0) is 21.4. The number of carbonyl (C=O) groups excluding carboxylic acids is 1. The summed E-state index contributed by atoms with van der Waals surface area (Å²) in [6.45, 7) is 2.03. The highest BCUT2D eigenvalue weighted by atomic mass is 35.5. The van der Waals surface area contributed by atoms with E-state index in [1.807, 2.05) is 0 Å². The van der Waals surface area contributed by atoms with Crippen molar-refractivity contribution in [1.82, 2.24) is 19.4 Å². The first kappa shape index (κ1) is 20.9. The van der Waals surface area contributed by atoms with Gasteiger partial charge in [0.1, 0.15) is 22.6 Å². The summed E-state index contributed by atoms with van der Waals surface area (Å²) in [7, 11) is 1.78. The first-order chi connectivity index (χ1) is 14.4. The lowest BCUT2D eigenvalue weighted by molar-refractivity contribution is 0.0303. The number of rotatable bonds is 3. The first-order valence-electron chi connectivity index (χ1n) is 9.16. The molecule has 0 aliphatic carbocycles. The standard InChI is InChI=1S/C20H16Cl3N5O2/c1-27-16(26-18-11(10-24)8-15(22)25-19(18)27)9-13-14(21)3-2-12(17(13)23)20(29)28-4-6-30-7-5-28/h2-3,8H,4-7,9H2,1H3. The number of hydrogen-bond acceptors (Lipinski definition) is 5. The summed E-state index contributed by atoms with van der Waals surface area (Å²) in [4.78, 5) is 23.5. The summed E-state index contributed by atoms with van der Waals surface area (Å²) in [6.07, 6.45) is 0.261. The van der Waals surface area contributed by atoms with Gasteiger partial charge in [0.2, 0.25) is 0 Å². The van der Waals surface area contributed by atoms with Crippen LogP contribution >= 0.6 is 34.8 Å². The monoisotopic (exact) mass is 463 g/mol. The number of nitriles is 1. The normalized spacial score (nSPS) is 14.2. The number of halogens is 3. The summed E-state index contributed by atoms with van der Waals surface area (Å²) in [5.74, 6) is 0.433. The van der Waals surface area contributed by atoms with Crippen LogP contribution in [0.1, 0.15) is 27.3 Å². The van der Waals surface area contributed by atoms with E-state index >= 15 is 0 Å². The molecule has 2 aromatic heterocycles. The second kappa shape index (κ2) is 8.40. The minimum atomic E-state index is -0.161. The molecular formula is C20H16Cl3N5O2. The zero-order valence-electron chi connectivity index (χ0n) is 16.0. The van der Waals surface area contributed by atoms with Crippen LogP contribution in [0.15, 0.2) is 18.2 Å². The molecule has 0 radical (unpaired) electrons. The average Bonchev–Trinajstić information content (AvgIpc) is 3.06. The number of nitrogens with zero attached hydrogens (tertiary/aromatic N) is 5. The number of imidazole rings is 1. The van der Waals surface area contributed by atoms with Gasteiger partial charge in [0.15, 0.2) is 5.65 Å². The number of amides is 1. The van der Waals surface area contributed by atoms with E-state index in [1.165, 1.54) is 6.07 Å². The summed E-state index contributed by atoms with van der Waals surface area (Å²) in [5, 5.41) is 10.3. The number of benzene rings is 1. The van der Waals surface area contributed by atoms with Gasteiger partial charge in [-0.3, -0.25) is 4.79 Å². The van der Waals surface area contributed by atoms with Crippen molar-refractivity contribution in [2.45, 2.75) is 6.42 Å². The Hall–Kier alpha value is -2.37. The number of carbonyl (C=O) groups is 1. The molecule has 1 saturated heterocycles. The van der Waals surface area contributed by atoms with Crippen molar-refractivity contribution >= 4 is 51.9 Å². The molecule has 1 fully saturated rings. The van der Waals surface area contributed by atoms with Gasteiger partial charge in [-0.25, -0.2) is 9.97 Å². The third-order valence-electron chi connectivity index (χ3n) is 5.06. The lowest BCUT2D eigenvalue weighted by atomic mass is 10.1. The van der Waals surface area contributed by atoms with Gasteiger partial charge in [-0.15, -0.1) is 0 Å². The van der Waals surface area contributed by atoms with Crippen LogP contribution in [0.4, 0.5) is 0 Å². The van der Waals surface area contributed by atoms with Crippen LogP contribution in [-0.2, 0) is 18.2 Å². The van der Waals surface area contributed by atoms with Crippen LogP contribution in [0.2, 0.25) is 15.2 Å². The molecule has 1 aromatic carbocycles. The molecule has 3 heterocycles. The molecule has 0 atom stereocenters. The highest BCUT2D eigenvalue weighted by Crippen LogP contribution is 2.32. The van der Waals surface area contributed by atoms with Gasteiger partial charge in [0, 0.05) is 31.6 Å². The van der Waals surface area contributed by atoms with Crippen molar-refractivity contribution in [3.63, 3.8) is 0 Å². The van der Waals surface area contributed by atoms with Crippen LogP contribution in [0.25, 0.3) is 11.2 Å². The molecule has 7 nitrogen and oxygen atoms in total. The maximum atomic E-state index is 12.9. The lowest BCUT2D eigenvalue weighted by Gasteiger charge is -2.27. The Labute approximate surface area is 187 Å². The van der Waals surface area contributed by atoms with Gasteiger partial charge in [-0.05, 0) is 23.8 Å². The molecule has 4 rings (SSSR count). The average molecular weight is 465 g/mol. The van der Waals surface area contributed by atoms with Gasteiger partial charge >= 0.3 is 0 Å². The minimum absolute atomic E-state index is 0.161. The third kappa shape index (κ3) is 3.72. The van der Waals surface area contributed by atoms with Crippen molar-refractivity contribution in [1.29, 1.82) is 5.26 Å². The Morgan fingerprint density at radius 2 is 1.97 bits per heavy atom. The second-order valence-corrected chi connectivity index (χ2v) is 8.00. The van der Waals surface area contributed by atoms with E-state index < -0.39 is 0 Å². The molecule has 1 aliphatic rings. The Morgan fingerprint density at radius 1 is 1.23 bits per heavy atom. The van der Waals surface area contributed by atoms with Crippen molar-refractivity contribution in [3.05, 3.63) is 55.9 Å². The number of hydrogen-bond donors (Lipinski definition) is 0. The van der Waals surface area contributed by atoms with Gasteiger partial charge in [0.25, 0.3) is 5.91 Å². The van der Waals surface area contributed by atoms with E-state index in [0.717, 1.165) is 0 Å². The predicted octanol–water partition coefficient (Wildman–Crippen LogP) is 3.86.